The van der Waals surface area contributed by atoms with Gasteiger partial charge in [0.1, 0.15) is 0 Å². The summed E-state index contributed by atoms with van der Waals surface area (Å²) in [6.07, 6.45) is 2.30. The standard InChI is InChI=1S/C14H22BNO4S.C13H20BNO4S.CH3I/c1-13(2)14(3,4)20-15(19-13)11-7-9-12(10-8-11)16(5)21(6,17)18;1-12(2)13(3,4)19-14(18-12)10-6-8-11(9-7-10)15-20(5,16)17;1-2/h7-10H,1-6H3;6-9,15H,1-5H3;1H3. The van der Waals surface area contributed by atoms with E-state index < -0.39 is 34.3 Å². The number of alkyl halides is 1. The summed E-state index contributed by atoms with van der Waals surface area (Å²) in [5.74, 6) is 0. The fourth-order valence-corrected chi connectivity index (χ4v) is 4.98. The third kappa shape index (κ3) is 9.57. The van der Waals surface area contributed by atoms with Gasteiger partial charge in [-0.1, -0.05) is 46.9 Å². The summed E-state index contributed by atoms with van der Waals surface area (Å²) >= 11 is 2.15. The lowest BCUT2D eigenvalue weighted by atomic mass is 9.79. The number of anilines is 2. The Labute approximate surface area is 273 Å². The Morgan fingerprint density at radius 2 is 0.930 bits per heavy atom. The van der Waals surface area contributed by atoms with Crippen molar-refractivity contribution < 1.29 is 35.5 Å². The van der Waals surface area contributed by atoms with E-state index in [-0.39, 0.29) is 22.4 Å². The summed E-state index contributed by atoms with van der Waals surface area (Å²) in [5, 5.41) is 0. The van der Waals surface area contributed by atoms with Gasteiger partial charge in [-0.25, -0.2) is 16.8 Å². The fourth-order valence-electron chi connectivity index (χ4n) is 3.91. The molecule has 15 heteroatoms. The van der Waals surface area contributed by atoms with Crippen molar-refractivity contribution >= 4 is 79.2 Å². The molecule has 0 amide bonds. The van der Waals surface area contributed by atoms with Gasteiger partial charge < -0.3 is 18.6 Å². The van der Waals surface area contributed by atoms with E-state index in [1.54, 1.807) is 36.4 Å². The maximum atomic E-state index is 11.5. The highest BCUT2D eigenvalue weighted by Crippen LogP contribution is 2.37. The summed E-state index contributed by atoms with van der Waals surface area (Å²) in [6, 6.07) is 14.2. The molecule has 240 valence electrons. The van der Waals surface area contributed by atoms with Crippen LogP contribution >= 0.6 is 22.6 Å². The molecule has 0 atom stereocenters. The number of nitrogens with zero attached hydrogens (tertiary/aromatic N) is 1. The molecule has 0 spiro atoms. The second-order valence-electron chi connectivity index (χ2n) is 12.5. The largest absolute Gasteiger partial charge is 0.494 e. The van der Waals surface area contributed by atoms with Crippen LogP contribution in [0.25, 0.3) is 0 Å². The zero-order chi connectivity index (χ0) is 33.2. The molecule has 10 nitrogen and oxygen atoms in total. The van der Waals surface area contributed by atoms with Crippen molar-refractivity contribution in [3.63, 3.8) is 0 Å². The summed E-state index contributed by atoms with van der Waals surface area (Å²) < 4.78 is 72.8. The smallest absolute Gasteiger partial charge is 0.399 e. The van der Waals surface area contributed by atoms with Crippen molar-refractivity contribution in [1.82, 2.24) is 0 Å². The van der Waals surface area contributed by atoms with Gasteiger partial charge in [-0.3, -0.25) is 9.03 Å². The number of rotatable bonds is 6. The molecule has 2 aromatic carbocycles. The minimum atomic E-state index is -3.26. The molecule has 1 N–H and O–H groups in total. The summed E-state index contributed by atoms with van der Waals surface area (Å²) in [4.78, 5) is 1.97. The predicted octanol–water partition coefficient (Wildman–Crippen LogP) is 3.79. The number of sulfonamides is 2. The molecular weight excluding hydrogens is 705 g/mol. The van der Waals surface area contributed by atoms with E-state index in [1.807, 2.05) is 72.5 Å². The summed E-state index contributed by atoms with van der Waals surface area (Å²) in [5.41, 5.74) is 1.31. The van der Waals surface area contributed by atoms with E-state index in [2.05, 4.69) is 27.3 Å². The lowest BCUT2D eigenvalue weighted by Crippen LogP contribution is -2.41. The Hall–Kier alpha value is -1.36. The lowest BCUT2D eigenvalue weighted by molar-refractivity contribution is 0.00578. The van der Waals surface area contributed by atoms with E-state index in [0.717, 1.165) is 17.2 Å². The summed E-state index contributed by atoms with van der Waals surface area (Å²) in [6.45, 7) is 16.0. The van der Waals surface area contributed by atoms with Crippen LogP contribution in [0.5, 0.6) is 0 Å². The molecule has 2 saturated heterocycles. The first-order valence-electron chi connectivity index (χ1n) is 13.6. The lowest BCUT2D eigenvalue weighted by Gasteiger charge is -2.32. The van der Waals surface area contributed by atoms with Crippen LogP contribution in [0.2, 0.25) is 0 Å². The van der Waals surface area contributed by atoms with Gasteiger partial charge in [-0.05, 0) is 95.5 Å². The van der Waals surface area contributed by atoms with Crippen molar-refractivity contribution in [2.24, 2.45) is 0 Å². The van der Waals surface area contributed by atoms with Gasteiger partial charge in [0.2, 0.25) is 20.0 Å². The van der Waals surface area contributed by atoms with Gasteiger partial charge in [-0.15, -0.1) is 0 Å². The van der Waals surface area contributed by atoms with Crippen LogP contribution in [-0.2, 0) is 38.7 Å². The van der Waals surface area contributed by atoms with E-state index >= 15 is 0 Å². The van der Waals surface area contributed by atoms with Crippen LogP contribution in [0.3, 0.4) is 0 Å². The fraction of sp³-hybridized carbons (Fsp3) is 0.571. The molecule has 0 saturated carbocycles. The van der Waals surface area contributed by atoms with E-state index in [0.29, 0.717) is 11.4 Å². The van der Waals surface area contributed by atoms with E-state index in [1.165, 1.54) is 17.6 Å². The average molecular weight is 750 g/mol. The molecule has 0 aliphatic carbocycles. The molecule has 2 heterocycles. The molecule has 0 aromatic heterocycles. The van der Waals surface area contributed by atoms with Crippen molar-refractivity contribution in [3.05, 3.63) is 48.5 Å². The van der Waals surface area contributed by atoms with Crippen LogP contribution in [0.1, 0.15) is 55.4 Å². The van der Waals surface area contributed by atoms with Gasteiger partial charge >= 0.3 is 14.2 Å². The zero-order valence-corrected chi connectivity index (χ0v) is 31.0. The number of benzene rings is 2. The third-order valence-corrected chi connectivity index (χ3v) is 9.83. The maximum absolute atomic E-state index is 11.5. The first-order valence-corrected chi connectivity index (χ1v) is 19.5. The predicted molar refractivity (Wildman–Crippen MR) is 186 cm³/mol. The Balaban J connectivity index is 0.000000284. The molecule has 0 bridgehead atoms. The van der Waals surface area contributed by atoms with Crippen LogP contribution in [0.4, 0.5) is 11.4 Å². The van der Waals surface area contributed by atoms with Crippen LogP contribution < -0.4 is 20.0 Å². The van der Waals surface area contributed by atoms with Gasteiger partial charge in [0.25, 0.3) is 0 Å². The molecule has 43 heavy (non-hydrogen) atoms. The number of nitrogens with one attached hydrogen (secondary N) is 1. The molecule has 2 aromatic rings. The first-order chi connectivity index (χ1) is 19.4. The van der Waals surface area contributed by atoms with Crippen LogP contribution in [-0.4, -0.2) is 78.0 Å². The summed E-state index contributed by atoms with van der Waals surface area (Å²) in [7, 11) is -5.86. The van der Waals surface area contributed by atoms with Crippen LogP contribution in [0.15, 0.2) is 48.5 Å². The monoisotopic (exact) mass is 750 g/mol. The topological polar surface area (TPSA) is 120 Å². The minimum Gasteiger partial charge on any atom is -0.399 e. The molecule has 2 aliphatic rings. The molecular formula is C28H45B2IN2O8S2. The highest BCUT2D eigenvalue weighted by Gasteiger charge is 2.52. The van der Waals surface area contributed by atoms with Gasteiger partial charge in [-0.2, -0.15) is 0 Å². The second-order valence-corrected chi connectivity index (χ2v) is 16.3. The van der Waals surface area contributed by atoms with Crippen molar-refractivity contribution in [2.45, 2.75) is 77.8 Å². The van der Waals surface area contributed by atoms with E-state index in [9.17, 15) is 16.8 Å². The van der Waals surface area contributed by atoms with E-state index in [4.69, 9.17) is 18.6 Å². The number of halogens is 1. The Morgan fingerprint density at radius 1 is 0.628 bits per heavy atom. The maximum Gasteiger partial charge on any atom is 0.494 e. The van der Waals surface area contributed by atoms with Crippen molar-refractivity contribution in [1.29, 1.82) is 0 Å². The Bertz CT molecular complexity index is 1420. The average Bonchev–Trinajstić information content (AvgIpc) is 3.23. The number of hydrogen-bond donors (Lipinski definition) is 1. The second kappa shape index (κ2) is 13.6. The minimum absolute atomic E-state index is 0.388. The van der Waals surface area contributed by atoms with Crippen LogP contribution in [0, 0.1) is 0 Å². The SMILES string of the molecule is CC1(C)OB(c2ccc(NS(C)(=O)=O)cc2)OC1(C)C.CI.CN(c1ccc(B2OC(C)(C)C(C)(C)O2)cc1)S(C)(=O)=O. The van der Waals surface area contributed by atoms with Crippen molar-refractivity contribution in [3.8, 4) is 0 Å². The highest BCUT2D eigenvalue weighted by atomic mass is 127. The molecule has 2 fully saturated rings. The van der Waals surface area contributed by atoms with Gasteiger partial charge in [0.15, 0.2) is 0 Å². The molecule has 0 unspecified atom stereocenters. The van der Waals surface area contributed by atoms with Gasteiger partial charge in [0.05, 0.1) is 40.6 Å². The quantitative estimate of drug-likeness (QED) is 0.269. The third-order valence-electron chi connectivity index (χ3n) is 8.02. The number of hydrogen-bond acceptors (Lipinski definition) is 8. The molecule has 0 radical (unpaired) electrons. The molecule has 2 aliphatic heterocycles. The molecule has 4 rings (SSSR count). The Morgan fingerprint density at radius 3 is 1.21 bits per heavy atom. The Kier molecular flexibility index (Phi) is 11.9. The highest BCUT2D eigenvalue weighted by molar-refractivity contribution is 14.1. The van der Waals surface area contributed by atoms with Gasteiger partial charge in [0, 0.05) is 12.7 Å². The normalized spacial score (nSPS) is 19.9. The zero-order valence-electron chi connectivity index (χ0n) is 27.2. The first kappa shape index (κ1) is 37.8. The van der Waals surface area contributed by atoms with Crippen molar-refractivity contribution in [2.75, 3.05) is 33.5 Å².